The van der Waals surface area contributed by atoms with Crippen LogP contribution in [0.4, 0.5) is 0 Å². The molecule has 0 saturated heterocycles. The number of hydrogen-bond acceptors (Lipinski definition) is 0. The average Bonchev–Trinajstić information content (AvgIpc) is 2.57. The Morgan fingerprint density at radius 1 is 0.348 bits per heavy atom. The third-order valence-corrected chi connectivity index (χ3v) is 7.21. The molecule has 1 heteroatoms. The van der Waals surface area contributed by atoms with Crippen molar-refractivity contribution < 1.29 is 0 Å². The molecule has 0 rings (SSSR count). The van der Waals surface area contributed by atoms with Gasteiger partial charge in [0.1, 0.15) is 0 Å². The van der Waals surface area contributed by atoms with Gasteiger partial charge in [-0.05, 0) is 0 Å². The minimum Gasteiger partial charge on any atom is -0.146 e. The quantitative estimate of drug-likeness (QED) is 0.154. The van der Waals surface area contributed by atoms with Gasteiger partial charge < -0.3 is 0 Å². The van der Waals surface area contributed by atoms with E-state index < -0.39 is 0 Å². The van der Waals surface area contributed by atoms with Crippen molar-refractivity contribution in [2.75, 3.05) is 0 Å². The Morgan fingerprint density at radius 2 is 0.609 bits per heavy atom. The van der Waals surface area contributed by atoms with Crippen LogP contribution in [-0.4, -0.2) is 20.4 Å². The summed E-state index contributed by atoms with van der Waals surface area (Å²) in [6.45, 7) is 4.61. The molecule has 0 atom stereocenters. The van der Waals surface area contributed by atoms with Gasteiger partial charge in [-0.2, -0.15) is 0 Å². The molecule has 0 saturated carbocycles. The van der Waals surface area contributed by atoms with Crippen LogP contribution in [0.3, 0.4) is 0 Å². The molecule has 0 nitrogen and oxygen atoms in total. The summed E-state index contributed by atoms with van der Waals surface area (Å²) < 4.78 is 3.26. The van der Waals surface area contributed by atoms with Crippen LogP contribution in [0.15, 0.2) is 0 Å². The molecule has 0 N–H and O–H groups in total. The summed E-state index contributed by atoms with van der Waals surface area (Å²) in [4.78, 5) is 0. The van der Waals surface area contributed by atoms with Gasteiger partial charge in [-0.15, -0.1) is 9.10 Å². The van der Waals surface area contributed by atoms with E-state index in [2.05, 4.69) is 13.8 Å². The molecule has 0 aromatic rings. The normalized spacial score (nSPS) is 10.9. The number of rotatable bonds is 20. The molecule has 136 valence electrons. The van der Waals surface area contributed by atoms with Crippen LogP contribution in [0, 0.1) is 0 Å². The highest BCUT2D eigenvalue weighted by Crippen LogP contribution is 2.13. The van der Waals surface area contributed by atoms with E-state index in [1.165, 1.54) is 103 Å². The van der Waals surface area contributed by atoms with Crippen LogP contribution >= 0.6 is 0 Å². The number of hydrogen-bond donors (Lipinski definition) is 0. The predicted molar refractivity (Wildman–Crippen MR) is 110 cm³/mol. The van der Waals surface area contributed by atoms with Crippen LogP contribution in [0.5, 0.6) is 0 Å². The summed E-state index contributed by atoms with van der Waals surface area (Å²) in [5.41, 5.74) is 0. The fraction of sp³-hybridized carbons (Fsp3) is 1.00. The fourth-order valence-corrected chi connectivity index (χ4v) is 5.27. The van der Waals surface area contributed by atoms with Crippen molar-refractivity contribution in [1.82, 2.24) is 0 Å². The van der Waals surface area contributed by atoms with Crippen LogP contribution in [0.25, 0.3) is 0 Å². The Morgan fingerprint density at radius 3 is 0.913 bits per heavy atom. The van der Waals surface area contributed by atoms with Gasteiger partial charge in [0.05, 0.1) is 0 Å². The van der Waals surface area contributed by atoms with Gasteiger partial charge in [0.25, 0.3) is 0 Å². The Labute approximate surface area is 158 Å². The lowest BCUT2D eigenvalue weighted by Crippen LogP contribution is -1.90. The Hall–Kier alpha value is 0.766. The molecule has 0 unspecified atom stereocenters. The van der Waals surface area contributed by atoms with Crippen molar-refractivity contribution in [3.05, 3.63) is 0 Å². The lowest BCUT2D eigenvalue weighted by molar-refractivity contribution is 0.569. The molecule has 0 spiro atoms. The molecule has 0 fully saturated rings. The monoisotopic (exact) mass is 334 g/mol. The van der Waals surface area contributed by atoms with Gasteiger partial charge in [-0.1, -0.05) is 129 Å². The van der Waals surface area contributed by atoms with E-state index in [0.29, 0.717) is 20.4 Å². The number of unbranched alkanes of at least 4 members (excludes halogenated alkanes) is 16. The van der Waals surface area contributed by atoms with Crippen LogP contribution in [0.1, 0.15) is 129 Å². The lowest BCUT2D eigenvalue weighted by atomic mass is 10.1. The maximum absolute atomic E-state index is 2.30. The lowest BCUT2D eigenvalue weighted by Gasteiger charge is -2.03. The maximum Gasteiger partial charge on any atom is 0.364 e. The molecule has 23 heavy (non-hydrogen) atoms. The van der Waals surface area contributed by atoms with E-state index in [0.717, 1.165) is 0 Å². The molecule has 0 bridgehead atoms. The molecule has 0 aliphatic carbocycles. The highest BCUT2D eigenvalue weighted by atomic mass is 24.5. The molecule has 0 aliphatic rings. The first-order chi connectivity index (χ1) is 11.4. The average molecular weight is 335 g/mol. The first kappa shape index (κ1) is 23.8. The SMILES string of the molecule is CCCCCCCCCC[CH2][Mg][CH2]CCCCCCCCCC. The summed E-state index contributed by atoms with van der Waals surface area (Å²) in [6.07, 6.45) is 26.8. The first-order valence-electron chi connectivity index (χ1n) is 11.4. The molecular weight excluding hydrogens is 289 g/mol. The minimum absolute atomic E-state index is 0.310. The van der Waals surface area contributed by atoms with Crippen molar-refractivity contribution in [3.8, 4) is 0 Å². The maximum atomic E-state index is 2.30. The van der Waals surface area contributed by atoms with Crippen molar-refractivity contribution in [3.63, 3.8) is 0 Å². The van der Waals surface area contributed by atoms with E-state index in [4.69, 9.17) is 0 Å². The third-order valence-electron chi connectivity index (χ3n) is 5.21. The zero-order chi connectivity index (χ0) is 16.8. The van der Waals surface area contributed by atoms with E-state index in [9.17, 15) is 0 Å². The summed E-state index contributed by atoms with van der Waals surface area (Å²) in [5, 5.41) is 0. The molecule has 0 radical (unpaired) electrons. The minimum atomic E-state index is 0.310. The zero-order valence-electron chi connectivity index (χ0n) is 16.8. The first-order valence-corrected chi connectivity index (χ1v) is 13.4. The van der Waals surface area contributed by atoms with E-state index >= 15 is 0 Å². The smallest absolute Gasteiger partial charge is 0.146 e. The molecule has 0 aromatic carbocycles. The topological polar surface area (TPSA) is 0 Å². The van der Waals surface area contributed by atoms with Crippen LogP contribution < -0.4 is 0 Å². The third kappa shape index (κ3) is 22.8. The van der Waals surface area contributed by atoms with Crippen molar-refractivity contribution in [2.45, 2.75) is 139 Å². The fourth-order valence-electron chi connectivity index (χ4n) is 3.51. The van der Waals surface area contributed by atoms with Gasteiger partial charge in [-0.25, -0.2) is 0 Å². The van der Waals surface area contributed by atoms with Crippen molar-refractivity contribution in [1.29, 1.82) is 0 Å². The molecular formula is C22H46Mg. The van der Waals surface area contributed by atoms with Gasteiger partial charge in [0, 0.05) is 0 Å². The summed E-state index contributed by atoms with van der Waals surface area (Å²) in [5.74, 6) is 0. The molecule has 0 aromatic heterocycles. The summed E-state index contributed by atoms with van der Waals surface area (Å²) in [7, 11) is 0. The second-order valence-corrected chi connectivity index (χ2v) is 9.84. The van der Waals surface area contributed by atoms with E-state index in [-0.39, 0.29) is 0 Å². The van der Waals surface area contributed by atoms with Gasteiger partial charge in [-0.3, -0.25) is 0 Å². The van der Waals surface area contributed by atoms with Gasteiger partial charge in [0.15, 0.2) is 0 Å². The Kier molecular flexibility index (Phi) is 23.5. The van der Waals surface area contributed by atoms with E-state index in [1.807, 2.05) is 0 Å². The van der Waals surface area contributed by atoms with E-state index in [1.54, 1.807) is 21.9 Å². The standard InChI is InChI=1S/2C11H23.Mg/c2*1-3-5-7-9-11-10-8-6-4-2;/h2*1,3-11H2,2H3;. The molecule has 0 amide bonds. The van der Waals surface area contributed by atoms with Crippen molar-refractivity contribution in [2.24, 2.45) is 0 Å². The highest BCUT2D eigenvalue weighted by molar-refractivity contribution is 6.35. The Balaban J connectivity index is 2.92. The predicted octanol–water partition coefficient (Wildman–Crippen LogP) is 8.59. The van der Waals surface area contributed by atoms with Crippen molar-refractivity contribution >= 4 is 20.4 Å². The molecule has 0 heterocycles. The summed E-state index contributed by atoms with van der Waals surface area (Å²) in [6, 6.07) is 0. The zero-order valence-corrected chi connectivity index (χ0v) is 18.3. The summed E-state index contributed by atoms with van der Waals surface area (Å²) >= 11 is 0.310. The largest absolute Gasteiger partial charge is 0.364 e. The Bertz CT molecular complexity index is 170. The second kappa shape index (κ2) is 22.8. The second-order valence-electron chi connectivity index (χ2n) is 7.72. The van der Waals surface area contributed by atoms with Gasteiger partial charge >= 0.3 is 20.4 Å². The highest BCUT2D eigenvalue weighted by Gasteiger charge is 1.97. The van der Waals surface area contributed by atoms with Crippen LogP contribution in [-0.2, 0) is 0 Å². The van der Waals surface area contributed by atoms with Gasteiger partial charge in [0.2, 0.25) is 0 Å². The molecule has 0 aliphatic heterocycles. The van der Waals surface area contributed by atoms with Crippen LogP contribution in [0.2, 0.25) is 9.10 Å².